The smallest absolute Gasteiger partial charge is 0.246 e. The van der Waals surface area contributed by atoms with E-state index in [0.717, 1.165) is 30.8 Å². The maximum Gasteiger partial charge on any atom is 0.246 e. The van der Waals surface area contributed by atoms with E-state index in [-0.39, 0.29) is 5.91 Å². The van der Waals surface area contributed by atoms with E-state index in [0.29, 0.717) is 0 Å². The maximum absolute atomic E-state index is 12.3. The second-order valence-electron chi connectivity index (χ2n) is 5.09. The van der Waals surface area contributed by atoms with E-state index in [2.05, 4.69) is 13.8 Å². The SMILES string of the molecule is CCCCCN(CCCCC)C(=O)C=Cc1cccs1. The highest BCUT2D eigenvalue weighted by Gasteiger charge is 2.09. The molecule has 0 aliphatic carbocycles. The summed E-state index contributed by atoms with van der Waals surface area (Å²) in [7, 11) is 0. The average molecular weight is 293 g/mol. The molecule has 0 aromatic carbocycles. The molecule has 0 aliphatic rings. The Kier molecular flexibility index (Phi) is 9.05. The highest BCUT2D eigenvalue weighted by Crippen LogP contribution is 2.11. The van der Waals surface area contributed by atoms with E-state index in [4.69, 9.17) is 0 Å². The predicted molar refractivity (Wildman–Crippen MR) is 89.0 cm³/mol. The predicted octanol–water partition coefficient (Wildman–Crippen LogP) is 4.97. The molecule has 0 bridgehead atoms. The summed E-state index contributed by atoms with van der Waals surface area (Å²) in [5.41, 5.74) is 0. The van der Waals surface area contributed by atoms with Gasteiger partial charge in [0, 0.05) is 24.0 Å². The number of hydrogen-bond donors (Lipinski definition) is 0. The van der Waals surface area contributed by atoms with E-state index in [9.17, 15) is 4.79 Å². The molecule has 0 spiro atoms. The minimum absolute atomic E-state index is 0.158. The zero-order valence-electron chi connectivity index (χ0n) is 12.8. The number of rotatable bonds is 10. The first-order valence-electron chi connectivity index (χ1n) is 7.78. The molecule has 1 heterocycles. The Morgan fingerprint density at radius 2 is 1.80 bits per heavy atom. The highest BCUT2D eigenvalue weighted by atomic mass is 32.1. The number of nitrogens with zero attached hydrogens (tertiary/aromatic N) is 1. The van der Waals surface area contributed by atoms with Crippen molar-refractivity contribution in [3.05, 3.63) is 28.5 Å². The molecule has 1 amide bonds. The van der Waals surface area contributed by atoms with Crippen LogP contribution in [0.4, 0.5) is 0 Å². The van der Waals surface area contributed by atoms with Crippen molar-refractivity contribution in [3.8, 4) is 0 Å². The molecule has 1 rings (SSSR count). The molecule has 0 atom stereocenters. The summed E-state index contributed by atoms with van der Waals surface area (Å²) in [5.74, 6) is 0.158. The molecule has 0 fully saturated rings. The summed E-state index contributed by atoms with van der Waals surface area (Å²) in [5, 5.41) is 2.03. The van der Waals surface area contributed by atoms with Crippen LogP contribution in [0.25, 0.3) is 6.08 Å². The molecule has 0 aliphatic heterocycles. The molecule has 3 heteroatoms. The van der Waals surface area contributed by atoms with Gasteiger partial charge in [-0.1, -0.05) is 45.6 Å². The molecule has 2 nitrogen and oxygen atoms in total. The third kappa shape index (κ3) is 6.90. The minimum Gasteiger partial charge on any atom is -0.339 e. The Labute approximate surface area is 127 Å². The molecule has 0 radical (unpaired) electrons. The first-order valence-corrected chi connectivity index (χ1v) is 8.66. The van der Waals surface area contributed by atoms with Gasteiger partial charge in [0.05, 0.1) is 0 Å². The number of unbranched alkanes of at least 4 members (excludes halogenated alkanes) is 4. The van der Waals surface area contributed by atoms with Crippen molar-refractivity contribution in [2.24, 2.45) is 0 Å². The molecule has 0 saturated heterocycles. The van der Waals surface area contributed by atoms with Crippen LogP contribution in [-0.4, -0.2) is 23.9 Å². The highest BCUT2D eigenvalue weighted by molar-refractivity contribution is 7.10. The maximum atomic E-state index is 12.3. The fraction of sp³-hybridized carbons (Fsp3) is 0.588. The molecule has 20 heavy (non-hydrogen) atoms. The van der Waals surface area contributed by atoms with Gasteiger partial charge in [-0.05, 0) is 30.4 Å². The fourth-order valence-electron chi connectivity index (χ4n) is 2.08. The quantitative estimate of drug-likeness (QED) is 0.440. The van der Waals surface area contributed by atoms with Crippen LogP contribution in [0.3, 0.4) is 0 Å². The van der Waals surface area contributed by atoms with E-state index in [1.165, 1.54) is 25.7 Å². The van der Waals surface area contributed by atoms with Crippen molar-refractivity contribution in [2.75, 3.05) is 13.1 Å². The van der Waals surface area contributed by atoms with Crippen LogP contribution in [0, 0.1) is 0 Å². The summed E-state index contributed by atoms with van der Waals surface area (Å²) in [6.45, 7) is 6.18. The second kappa shape index (κ2) is 10.7. The topological polar surface area (TPSA) is 20.3 Å². The normalized spacial score (nSPS) is 11.1. The Morgan fingerprint density at radius 3 is 2.30 bits per heavy atom. The number of hydrogen-bond acceptors (Lipinski definition) is 2. The minimum atomic E-state index is 0.158. The van der Waals surface area contributed by atoms with E-state index < -0.39 is 0 Å². The molecule has 0 N–H and O–H groups in total. The Hall–Kier alpha value is -1.09. The Balaban J connectivity index is 2.48. The van der Waals surface area contributed by atoms with Gasteiger partial charge in [0.25, 0.3) is 0 Å². The lowest BCUT2D eigenvalue weighted by molar-refractivity contribution is -0.126. The van der Waals surface area contributed by atoms with Crippen LogP contribution in [0.15, 0.2) is 23.6 Å². The van der Waals surface area contributed by atoms with E-state index in [1.807, 2.05) is 28.5 Å². The lowest BCUT2D eigenvalue weighted by atomic mass is 10.2. The van der Waals surface area contributed by atoms with Crippen LogP contribution in [0.5, 0.6) is 0 Å². The second-order valence-corrected chi connectivity index (χ2v) is 6.07. The van der Waals surface area contributed by atoms with Crippen LogP contribution >= 0.6 is 11.3 Å². The Morgan fingerprint density at radius 1 is 1.15 bits per heavy atom. The van der Waals surface area contributed by atoms with Gasteiger partial charge < -0.3 is 4.90 Å². The van der Waals surface area contributed by atoms with Gasteiger partial charge in [0.15, 0.2) is 0 Å². The first kappa shape index (κ1) is 17.0. The molecule has 1 aromatic rings. The molecule has 1 aromatic heterocycles. The standard InChI is InChI=1S/C17H27NOS/c1-3-5-7-13-18(14-8-6-4-2)17(19)12-11-16-10-9-15-20-16/h9-12,15H,3-8,13-14H2,1-2H3. The lowest BCUT2D eigenvalue weighted by Gasteiger charge is -2.21. The van der Waals surface area contributed by atoms with E-state index >= 15 is 0 Å². The summed E-state index contributed by atoms with van der Waals surface area (Å²) in [6.07, 6.45) is 10.7. The van der Waals surface area contributed by atoms with Crippen LogP contribution in [0.1, 0.15) is 57.2 Å². The van der Waals surface area contributed by atoms with Gasteiger partial charge in [-0.3, -0.25) is 4.79 Å². The van der Waals surface area contributed by atoms with Crippen LogP contribution in [0.2, 0.25) is 0 Å². The zero-order valence-corrected chi connectivity index (χ0v) is 13.6. The fourth-order valence-corrected chi connectivity index (χ4v) is 2.70. The van der Waals surface area contributed by atoms with Gasteiger partial charge in [-0.25, -0.2) is 0 Å². The lowest BCUT2D eigenvalue weighted by Crippen LogP contribution is -2.31. The third-order valence-corrected chi connectivity index (χ3v) is 4.15. The summed E-state index contributed by atoms with van der Waals surface area (Å²) in [4.78, 5) is 15.4. The van der Waals surface area contributed by atoms with Crippen molar-refractivity contribution >= 4 is 23.3 Å². The molecule has 0 unspecified atom stereocenters. The van der Waals surface area contributed by atoms with Crippen molar-refractivity contribution in [1.29, 1.82) is 0 Å². The number of carbonyl (C=O) groups excluding carboxylic acids is 1. The van der Waals surface area contributed by atoms with Crippen molar-refractivity contribution in [1.82, 2.24) is 4.90 Å². The molecule has 0 saturated carbocycles. The summed E-state index contributed by atoms with van der Waals surface area (Å²) in [6, 6.07) is 4.04. The third-order valence-electron chi connectivity index (χ3n) is 3.31. The van der Waals surface area contributed by atoms with Crippen LogP contribution in [-0.2, 0) is 4.79 Å². The van der Waals surface area contributed by atoms with Crippen molar-refractivity contribution in [2.45, 2.75) is 52.4 Å². The molecular formula is C17H27NOS. The number of amides is 1. The zero-order chi connectivity index (χ0) is 14.6. The van der Waals surface area contributed by atoms with Crippen molar-refractivity contribution in [3.63, 3.8) is 0 Å². The summed E-state index contributed by atoms with van der Waals surface area (Å²) < 4.78 is 0. The monoisotopic (exact) mass is 293 g/mol. The largest absolute Gasteiger partial charge is 0.339 e. The van der Waals surface area contributed by atoms with Crippen LogP contribution < -0.4 is 0 Å². The van der Waals surface area contributed by atoms with Gasteiger partial charge in [-0.15, -0.1) is 11.3 Å². The van der Waals surface area contributed by atoms with Gasteiger partial charge in [0.2, 0.25) is 5.91 Å². The number of carbonyl (C=O) groups is 1. The van der Waals surface area contributed by atoms with Gasteiger partial charge >= 0.3 is 0 Å². The average Bonchev–Trinajstić information content (AvgIpc) is 2.97. The van der Waals surface area contributed by atoms with E-state index in [1.54, 1.807) is 17.4 Å². The Bertz CT molecular complexity index is 374. The molecule has 112 valence electrons. The molecular weight excluding hydrogens is 266 g/mol. The van der Waals surface area contributed by atoms with Gasteiger partial charge in [0.1, 0.15) is 0 Å². The first-order chi connectivity index (χ1) is 9.77. The van der Waals surface area contributed by atoms with Crippen molar-refractivity contribution < 1.29 is 4.79 Å². The summed E-state index contributed by atoms with van der Waals surface area (Å²) >= 11 is 1.66. The number of thiophene rings is 1. The van der Waals surface area contributed by atoms with Gasteiger partial charge in [-0.2, -0.15) is 0 Å².